The fourth-order valence-corrected chi connectivity index (χ4v) is 3.83. The van der Waals surface area contributed by atoms with Gasteiger partial charge in [-0.15, -0.1) is 0 Å². The summed E-state index contributed by atoms with van der Waals surface area (Å²) in [6.07, 6.45) is 5.44. The molecule has 1 unspecified atom stereocenters. The average Bonchev–Trinajstić information content (AvgIpc) is 3.34. The number of likely N-dealkylation sites (tertiary alicyclic amines) is 1. The largest absolute Gasteiger partial charge is 0.329 e. The highest BCUT2D eigenvalue weighted by atomic mass is 16.2. The number of fused-ring (bicyclic) bond motifs is 1. The number of imidazole rings is 1. The zero-order chi connectivity index (χ0) is 17.4. The van der Waals surface area contributed by atoms with Crippen molar-refractivity contribution in [2.45, 2.75) is 38.6 Å². The number of carbonyl (C=O) groups excluding carboxylic acids is 1. The van der Waals surface area contributed by atoms with Crippen molar-refractivity contribution in [3.8, 4) is 0 Å². The lowest BCUT2D eigenvalue weighted by atomic mass is 10.1. The van der Waals surface area contributed by atoms with Crippen LogP contribution in [0.15, 0.2) is 30.5 Å². The minimum absolute atomic E-state index is 0.0225. The Labute approximate surface area is 146 Å². The predicted octanol–water partition coefficient (Wildman–Crippen LogP) is 3.23. The van der Waals surface area contributed by atoms with E-state index >= 15 is 0 Å². The Balaban J connectivity index is 1.69. The Morgan fingerprint density at radius 2 is 2.20 bits per heavy atom. The van der Waals surface area contributed by atoms with E-state index in [1.165, 1.54) is 0 Å². The number of aryl methyl sites for hydroxylation is 2. The Morgan fingerprint density at radius 1 is 1.36 bits per heavy atom. The van der Waals surface area contributed by atoms with Gasteiger partial charge in [-0.2, -0.15) is 5.10 Å². The number of rotatable bonds is 4. The third-order valence-electron chi connectivity index (χ3n) is 5.08. The number of aromatic amines is 1. The Hall–Kier alpha value is -2.63. The van der Waals surface area contributed by atoms with Crippen LogP contribution in [0, 0.1) is 0 Å². The van der Waals surface area contributed by atoms with Crippen LogP contribution in [-0.2, 0) is 13.5 Å². The molecule has 1 aliphatic heterocycles. The standard InChI is InChI=1S/C19H23N5O/c1-3-7-14-13(12-20-22-14)19(25)24-11-6-10-17(24)18-21-15-8-4-5-9-16(15)23(18)2/h4-5,8-9,12,17H,3,6-7,10-11H2,1-2H3,(H,20,22). The molecule has 1 aromatic carbocycles. The van der Waals surface area contributed by atoms with E-state index in [0.29, 0.717) is 5.56 Å². The van der Waals surface area contributed by atoms with Gasteiger partial charge in [0.1, 0.15) is 5.82 Å². The summed E-state index contributed by atoms with van der Waals surface area (Å²) in [5.74, 6) is 1.03. The van der Waals surface area contributed by atoms with Crippen LogP contribution >= 0.6 is 0 Å². The lowest BCUT2D eigenvalue weighted by Crippen LogP contribution is -2.32. The molecular formula is C19H23N5O. The van der Waals surface area contributed by atoms with Crippen LogP contribution < -0.4 is 0 Å². The molecule has 6 heteroatoms. The highest BCUT2D eigenvalue weighted by molar-refractivity contribution is 5.95. The zero-order valence-corrected chi connectivity index (χ0v) is 14.7. The smallest absolute Gasteiger partial charge is 0.257 e. The first-order chi connectivity index (χ1) is 12.2. The molecule has 1 amide bonds. The van der Waals surface area contributed by atoms with Crippen molar-refractivity contribution in [3.63, 3.8) is 0 Å². The molecule has 3 heterocycles. The van der Waals surface area contributed by atoms with Crippen LogP contribution in [-0.4, -0.2) is 37.1 Å². The number of aromatic nitrogens is 4. The number of amides is 1. The van der Waals surface area contributed by atoms with Crippen LogP contribution in [0.25, 0.3) is 11.0 Å². The first kappa shape index (κ1) is 15.9. The topological polar surface area (TPSA) is 66.8 Å². The summed E-state index contributed by atoms with van der Waals surface area (Å²) >= 11 is 0. The molecule has 1 fully saturated rings. The van der Waals surface area contributed by atoms with E-state index < -0.39 is 0 Å². The van der Waals surface area contributed by atoms with Crippen LogP contribution in [0.3, 0.4) is 0 Å². The van der Waals surface area contributed by atoms with Crippen molar-refractivity contribution in [1.29, 1.82) is 0 Å². The van der Waals surface area contributed by atoms with E-state index in [1.807, 2.05) is 30.1 Å². The second-order valence-electron chi connectivity index (χ2n) is 6.69. The molecule has 2 aromatic heterocycles. The maximum Gasteiger partial charge on any atom is 0.257 e. The summed E-state index contributed by atoms with van der Waals surface area (Å²) < 4.78 is 2.12. The predicted molar refractivity (Wildman–Crippen MR) is 96.3 cm³/mol. The minimum Gasteiger partial charge on any atom is -0.329 e. The zero-order valence-electron chi connectivity index (χ0n) is 14.7. The van der Waals surface area contributed by atoms with E-state index in [9.17, 15) is 4.79 Å². The summed E-state index contributed by atoms with van der Waals surface area (Å²) in [5.41, 5.74) is 3.72. The summed E-state index contributed by atoms with van der Waals surface area (Å²) in [5, 5.41) is 7.07. The number of para-hydroxylation sites is 2. The van der Waals surface area contributed by atoms with Crippen LogP contribution in [0.4, 0.5) is 0 Å². The van der Waals surface area contributed by atoms with Gasteiger partial charge < -0.3 is 9.47 Å². The first-order valence-corrected chi connectivity index (χ1v) is 8.95. The molecular weight excluding hydrogens is 314 g/mol. The molecule has 130 valence electrons. The quantitative estimate of drug-likeness (QED) is 0.795. The Kier molecular flexibility index (Phi) is 4.03. The van der Waals surface area contributed by atoms with E-state index in [-0.39, 0.29) is 11.9 Å². The van der Waals surface area contributed by atoms with Crippen LogP contribution in [0.5, 0.6) is 0 Å². The molecule has 0 spiro atoms. The number of hydrogen-bond acceptors (Lipinski definition) is 3. The normalized spacial score (nSPS) is 17.5. The molecule has 1 aliphatic rings. The monoisotopic (exact) mass is 337 g/mol. The summed E-state index contributed by atoms with van der Waals surface area (Å²) in [6, 6.07) is 8.14. The molecule has 6 nitrogen and oxygen atoms in total. The lowest BCUT2D eigenvalue weighted by molar-refractivity contribution is 0.0727. The van der Waals surface area contributed by atoms with E-state index in [4.69, 9.17) is 4.98 Å². The molecule has 1 N–H and O–H groups in total. The van der Waals surface area contributed by atoms with Crippen LogP contribution in [0.2, 0.25) is 0 Å². The molecule has 4 rings (SSSR count). The second-order valence-corrected chi connectivity index (χ2v) is 6.69. The van der Waals surface area contributed by atoms with Crippen molar-refractivity contribution in [1.82, 2.24) is 24.6 Å². The van der Waals surface area contributed by atoms with E-state index in [2.05, 4.69) is 27.8 Å². The van der Waals surface area contributed by atoms with Gasteiger partial charge in [-0.1, -0.05) is 25.5 Å². The van der Waals surface area contributed by atoms with Gasteiger partial charge in [0.25, 0.3) is 5.91 Å². The summed E-state index contributed by atoms with van der Waals surface area (Å²) in [6.45, 7) is 2.87. The van der Waals surface area contributed by atoms with Crippen molar-refractivity contribution in [2.24, 2.45) is 7.05 Å². The first-order valence-electron chi connectivity index (χ1n) is 8.95. The fraction of sp³-hybridized carbons (Fsp3) is 0.421. The van der Waals surface area contributed by atoms with Gasteiger partial charge in [0.15, 0.2) is 0 Å². The molecule has 1 atom stereocenters. The fourth-order valence-electron chi connectivity index (χ4n) is 3.83. The van der Waals surface area contributed by atoms with Crippen molar-refractivity contribution in [2.75, 3.05) is 6.54 Å². The van der Waals surface area contributed by atoms with Crippen molar-refractivity contribution < 1.29 is 4.79 Å². The molecule has 3 aromatic rings. The number of benzene rings is 1. The number of nitrogens with one attached hydrogen (secondary N) is 1. The lowest BCUT2D eigenvalue weighted by Gasteiger charge is -2.24. The maximum atomic E-state index is 13.1. The summed E-state index contributed by atoms with van der Waals surface area (Å²) in [4.78, 5) is 19.9. The Morgan fingerprint density at radius 3 is 3.00 bits per heavy atom. The van der Waals surface area contributed by atoms with Gasteiger partial charge in [-0.3, -0.25) is 9.89 Å². The van der Waals surface area contributed by atoms with Crippen LogP contribution in [0.1, 0.15) is 54.1 Å². The number of H-pyrrole nitrogens is 1. The van der Waals surface area contributed by atoms with Gasteiger partial charge in [-0.05, 0) is 31.4 Å². The van der Waals surface area contributed by atoms with Crippen molar-refractivity contribution >= 4 is 16.9 Å². The van der Waals surface area contributed by atoms with Gasteiger partial charge >= 0.3 is 0 Å². The third kappa shape index (κ3) is 2.62. The van der Waals surface area contributed by atoms with E-state index in [1.54, 1.807) is 6.20 Å². The third-order valence-corrected chi connectivity index (χ3v) is 5.08. The Bertz CT molecular complexity index is 910. The van der Waals surface area contributed by atoms with Gasteiger partial charge in [0, 0.05) is 19.3 Å². The summed E-state index contributed by atoms with van der Waals surface area (Å²) in [7, 11) is 2.03. The molecule has 0 saturated carbocycles. The number of nitrogens with zero attached hydrogens (tertiary/aromatic N) is 4. The van der Waals surface area contributed by atoms with Gasteiger partial charge in [0.2, 0.25) is 0 Å². The highest BCUT2D eigenvalue weighted by Gasteiger charge is 2.34. The minimum atomic E-state index is 0.0225. The number of hydrogen-bond donors (Lipinski definition) is 1. The van der Waals surface area contributed by atoms with E-state index in [0.717, 1.165) is 54.8 Å². The van der Waals surface area contributed by atoms with Gasteiger partial charge in [0.05, 0.1) is 28.8 Å². The molecule has 1 saturated heterocycles. The molecule has 0 radical (unpaired) electrons. The second kappa shape index (κ2) is 6.35. The molecule has 0 aliphatic carbocycles. The SMILES string of the molecule is CCCc1[nH]ncc1C(=O)N1CCCC1c1nc2ccccc2n1C. The molecule has 25 heavy (non-hydrogen) atoms. The average molecular weight is 337 g/mol. The maximum absolute atomic E-state index is 13.1. The molecule has 0 bridgehead atoms. The van der Waals surface area contributed by atoms with Crippen molar-refractivity contribution in [3.05, 3.63) is 47.5 Å². The van der Waals surface area contributed by atoms with Gasteiger partial charge in [-0.25, -0.2) is 4.98 Å². The highest BCUT2D eigenvalue weighted by Crippen LogP contribution is 2.34. The number of carbonyl (C=O) groups is 1.